The molecule has 1 rings (SSSR count). The van der Waals surface area contributed by atoms with Gasteiger partial charge in [0.1, 0.15) is 0 Å². The molecule has 1 atom stereocenters. The zero-order valence-electron chi connectivity index (χ0n) is 11.3. The summed E-state index contributed by atoms with van der Waals surface area (Å²) < 4.78 is 0.962. The standard InChI is InChI=1S/C15H23BrClN/c1-3-4-5-6-7-9-12(2)18-14-11-8-10-13(17)15(14)16/h8,10-12,18H,3-7,9H2,1-2H3. The highest BCUT2D eigenvalue weighted by atomic mass is 79.9. The smallest absolute Gasteiger partial charge is 0.0593 e. The normalized spacial score (nSPS) is 12.4. The van der Waals surface area contributed by atoms with Crippen molar-refractivity contribution in [3.63, 3.8) is 0 Å². The second-order valence-corrected chi connectivity index (χ2v) is 6.05. The van der Waals surface area contributed by atoms with Gasteiger partial charge in [-0.05, 0) is 41.4 Å². The van der Waals surface area contributed by atoms with Crippen LogP contribution in [0.1, 0.15) is 52.4 Å². The van der Waals surface area contributed by atoms with Crippen LogP contribution in [0.25, 0.3) is 0 Å². The van der Waals surface area contributed by atoms with Gasteiger partial charge in [0, 0.05) is 6.04 Å². The number of anilines is 1. The Morgan fingerprint density at radius 3 is 2.67 bits per heavy atom. The summed E-state index contributed by atoms with van der Waals surface area (Å²) in [4.78, 5) is 0. The molecule has 0 saturated carbocycles. The molecule has 0 fully saturated rings. The molecule has 0 saturated heterocycles. The Morgan fingerprint density at radius 1 is 1.22 bits per heavy atom. The van der Waals surface area contributed by atoms with Gasteiger partial charge in [-0.3, -0.25) is 0 Å². The quantitative estimate of drug-likeness (QED) is 0.554. The first kappa shape index (κ1) is 15.8. The van der Waals surface area contributed by atoms with E-state index in [1.54, 1.807) is 0 Å². The van der Waals surface area contributed by atoms with Gasteiger partial charge in [0.25, 0.3) is 0 Å². The van der Waals surface area contributed by atoms with Crippen molar-refractivity contribution in [2.75, 3.05) is 5.32 Å². The minimum atomic E-state index is 0.487. The highest BCUT2D eigenvalue weighted by molar-refractivity contribution is 9.10. The van der Waals surface area contributed by atoms with Crippen molar-refractivity contribution in [2.45, 2.75) is 58.4 Å². The zero-order valence-corrected chi connectivity index (χ0v) is 13.6. The SMILES string of the molecule is CCCCCCCC(C)Nc1cccc(Cl)c1Br. The number of rotatable bonds is 8. The van der Waals surface area contributed by atoms with Crippen LogP contribution < -0.4 is 5.32 Å². The molecule has 0 aliphatic carbocycles. The predicted octanol–water partition coefficient (Wildman–Crippen LogP) is 6.26. The van der Waals surface area contributed by atoms with Crippen molar-refractivity contribution in [3.05, 3.63) is 27.7 Å². The summed E-state index contributed by atoms with van der Waals surface area (Å²) in [6.07, 6.45) is 7.89. The summed E-state index contributed by atoms with van der Waals surface area (Å²) in [5.74, 6) is 0. The van der Waals surface area contributed by atoms with Crippen LogP contribution in [0.2, 0.25) is 5.02 Å². The van der Waals surface area contributed by atoms with Crippen molar-refractivity contribution < 1.29 is 0 Å². The summed E-state index contributed by atoms with van der Waals surface area (Å²) >= 11 is 9.59. The van der Waals surface area contributed by atoms with Crippen LogP contribution in [-0.4, -0.2) is 6.04 Å². The maximum Gasteiger partial charge on any atom is 0.0593 e. The van der Waals surface area contributed by atoms with Gasteiger partial charge in [0.15, 0.2) is 0 Å². The lowest BCUT2D eigenvalue weighted by Crippen LogP contribution is -2.15. The van der Waals surface area contributed by atoms with Gasteiger partial charge in [-0.1, -0.05) is 56.7 Å². The van der Waals surface area contributed by atoms with E-state index in [1.165, 1.54) is 38.5 Å². The topological polar surface area (TPSA) is 12.0 Å². The van der Waals surface area contributed by atoms with E-state index < -0.39 is 0 Å². The van der Waals surface area contributed by atoms with Crippen LogP contribution in [0, 0.1) is 0 Å². The minimum absolute atomic E-state index is 0.487. The van der Waals surface area contributed by atoms with Crippen molar-refractivity contribution in [1.82, 2.24) is 0 Å². The Labute approximate surface area is 124 Å². The van der Waals surface area contributed by atoms with Gasteiger partial charge in [0.05, 0.1) is 15.2 Å². The Bertz CT molecular complexity index is 354. The molecule has 102 valence electrons. The molecule has 1 N–H and O–H groups in total. The fraction of sp³-hybridized carbons (Fsp3) is 0.600. The highest BCUT2D eigenvalue weighted by Gasteiger charge is 2.07. The Balaban J connectivity index is 2.31. The summed E-state index contributed by atoms with van der Waals surface area (Å²) in [5.41, 5.74) is 1.09. The molecule has 1 nitrogen and oxygen atoms in total. The largest absolute Gasteiger partial charge is 0.382 e. The molecular weight excluding hydrogens is 310 g/mol. The van der Waals surface area contributed by atoms with Crippen LogP contribution in [0.15, 0.2) is 22.7 Å². The Morgan fingerprint density at radius 2 is 1.94 bits per heavy atom. The third-order valence-corrected chi connectivity index (χ3v) is 4.49. The Kier molecular flexibility index (Phi) is 7.76. The molecule has 0 aliphatic heterocycles. The number of nitrogens with one attached hydrogen (secondary N) is 1. The van der Waals surface area contributed by atoms with Crippen LogP contribution in [0.3, 0.4) is 0 Å². The van der Waals surface area contributed by atoms with Crippen molar-refractivity contribution >= 4 is 33.2 Å². The summed E-state index contributed by atoms with van der Waals surface area (Å²) in [6, 6.07) is 6.42. The monoisotopic (exact) mass is 331 g/mol. The molecular formula is C15H23BrClN. The first-order chi connectivity index (χ1) is 8.65. The summed E-state index contributed by atoms with van der Waals surface area (Å²) in [7, 11) is 0. The molecule has 0 heterocycles. The lowest BCUT2D eigenvalue weighted by atomic mass is 10.1. The van der Waals surface area contributed by atoms with Crippen LogP contribution >= 0.6 is 27.5 Å². The van der Waals surface area contributed by atoms with E-state index in [2.05, 4.69) is 41.2 Å². The maximum absolute atomic E-state index is 6.07. The average molecular weight is 333 g/mol. The summed E-state index contributed by atoms with van der Waals surface area (Å²) in [6.45, 7) is 4.48. The number of hydrogen-bond donors (Lipinski definition) is 1. The van der Waals surface area contributed by atoms with Gasteiger partial charge in [-0.15, -0.1) is 0 Å². The van der Waals surface area contributed by atoms with Crippen LogP contribution in [0.4, 0.5) is 5.69 Å². The van der Waals surface area contributed by atoms with Crippen molar-refractivity contribution in [1.29, 1.82) is 0 Å². The van der Waals surface area contributed by atoms with E-state index in [4.69, 9.17) is 11.6 Å². The van der Waals surface area contributed by atoms with Crippen LogP contribution in [0.5, 0.6) is 0 Å². The average Bonchev–Trinajstić information content (AvgIpc) is 2.35. The first-order valence-electron chi connectivity index (χ1n) is 6.85. The molecule has 0 bridgehead atoms. The number of benzene rings is 1. The lowest BCUT2D eigenvalue weighted by Gasteiger charge is -2.16. The molecule has 1 unspecified atom stereocenters. The molecule has 0 amide bonds. The first-order valence-corrected chi connectivity index (χ1v) is 8.02. The zero-order chi connectivity index (χ0) is 13.4. The fourth-order valence-electron chi connectivity index (χ4n) is 2.01. The van der Waals surface area contributed by atoms with E-state index >= 15 is 0 Å². The molecule has 0 aromatic heterocycles. The third-order valence-electron chi connectivity index (χ3n) is 3.09. The summed E-state index contributed by atoms with van der Waals surface area (Å²) in [5, 5.41) is 4.27. The molecule has 0 radical (unpaired) electrons. The lowest BCUT2D eigenvalue weighted by molar-refractivity contribution is 0.578. The predicted molar refractivity (Wildman–Crippen MR) is 85.6 cm³/mol. The van der Waals surface area contributed by atoms with E-state index in [9.17, 15) is 0 Å². The van der Waals surface area contributed by atoms with Crippen LogP contribution in [-0.2, 0) is 0 Å². The molecule has 0 aliphatic rings. The Hall–Kier alpha value is -0.210. The van der Waals surface area contributed by atoms with Gasteiger partial charge < -0.3 is 5.32 Å². The van der Waals surface area contributed by atoms with Gasteiger partial charge in [-0.2, -0.15) is 0 Å². The molecule has 3 heteroatoms. The highest BCUT2D eigenvalue weighted by Crippen LogP contribution is 2.30. The number of hydrogen-bond acceptors (Lipinski definition) is 1. The molecule has 0 spiro atoms. The second kappa shape index (κ2) is 8.82. The fourth-order valence-corrected chi connectivity index (χ4v) is 2.56. The van der Waals surface area contributed by atoms with E-state index in [0.29, 0.717) is 6.04 Å². The number of unbranched alkanes of at least 4 members (excludes halogenated alkanes) is 4. The molecule has 1 aromatic rings. The maximum atomic E-state index is 6.07. The van der Waals surface area contributed by atoms with Gasteiger partial charge in [-0.25, -0.2) is 0 Å². The van der Waals surface area contributed by atoms with E-state index in [-0.39, 0.29) is 0 Å². The van der Waals surface area contributed by atoms with Crippen molar-refractivity contribution in [3.8, 4) is 0 Å². The van der Waals surface area contributed by atoms with Gasteiger partial charge >= 0.3 is 0 Å². The molecule has 18 heavy (non-hydrogen) atoms. The van der Waals surface area contributed by atoms with E-state index in [1.807, 2.05) is 12.1 Å². The minimum Gasteiger partial charge on any atom is -0.382 e. The van der Waals surface area contributed by atoms with Gasteiger partial charge in [0.2, 0.25) is 0 Å². The molecule has 1 aromatic carbocycles. The van der Waals surface area contributed by atoms with E-state index in [0.717, 1.165) is 15.2 Å². The third kappa shape index (κ3) is 5.62. The second-order valence-electron chi connectivity index (χ2n) is 4.85. The number of halogens is 2. The van der Waals surface area contributed by atoms with Crippen molar-refractivity contribution in [2.24, 2.45) is 0 Å².